The summed E-state index contributed by atoms with van der Waals surface area (Å²) in [5, 5.41) is 11.6. The molecular weight excluding hydrogens is 408 g/mol. The van der Waals surface area contributed by atoms with E-state index in [1.54, 1.807) is 10.4 Å². The molecule has 0 saturated carbocycles. The Balaban J connectivity index is 1.42. The van der Waals surface area contributed by atoms with Gasteiger partial charge < -0.3 is 14.7 Å². The fourth-order valence-corrected chi connectivity index (χ4v) is 4.94. The highest BCUT2D eigenvalue weighted by atomic mass is 32.1. The Morgan fingerprint density at radius 1 is 1.16 bits per heavy atom. The lowest BCUT2D eigenvalue weighted by Crippen LogP contribution is -2.39. The summed E-state index contributed by atoms with van der Waals surface area (Å²) in [6.07, 6.45) is 0.573. The van der Waals surface area contributed by atoms with Crippen LogP contribution in [0.15, 0.2) is 65.5 Å². The van der Waals surface area contributed by atoms with E-state index in [0.29, 0.717) is 19.6 Å². The maximum absolute atomic E-state index is 11.7. The topological polar surface area (TPSA) is 62.7 Å². The number of likely N-dealkylation sites (tertiary alicyclic amines) is 1. The number of nitrogens with zero attached hydrogens (tertiary/aromatic N) is 2. The van der Waals surface area contributed by atoms with Gasteiger partial charge in [0, 0.05) is 35.7 Å². The number of ether oxygens (including phenoxy) is 1. The third kappa shape index (κ3) is 4.74. The van der Waals surface area contributed by atoms with Gasteiger partial charge in [-0.05, 0) is 29.7 Å². The maximum atomic E-state index is 11.7. The van der Waals surface area contributed by atoms with Gasteiger partial charge in [0.05, 0.1) is 17.8 Å². The number of hydrogen-bond acceptors (Lipinski definition) is 4. The Morgan fingerprint density at radius 2 is 1.87 bits per heavy atom. The van der Waals surface area contributed by atoms with Crippen LogP contribution in [-0.2, 0) is 11.8 Å². The summed E-state index contributed by atoms with van der Waals surface area (Å²) in [7, 11) is 0. The molecule has 162 valence electrons. The van der Waals surface area contributed by atoms with E-state index in [-0.39, 0.29) is 17.4 Å². The van der Waals surface area contributed by atoms with Crippen LogP contribution >= 0.6 is 11.3 Å². The van der Waals surface area contributed by atoms with Crippen molar-refractivity contribution in [3.8, 4) is 5.75 Å². The molecule has 3 aromatic rings. The SMILES string of the molecule is CC(C)(c1ccccc1)c1ccc(OCC2CCN(C(=O)O)C2Cc2cscn2)cc1. The van der Waals surface area contributed by atoms with Crippen LogP contribution in [0, 0.1) is 5.92 Å². The molecule has 1 N–H and O–H groups in total. The van der Waals surface area contributed by atoms with Crippen molar-refractivity contribution in [3.05, 3.63) is 82.3 Å². The predicted octanol–water partition coefficient (Wildman–Crippen LogP) is 5.46. The van der Waals surface area contributed by atoms with Crippen LogP contribution in [0.3, 0.4) is 0 Å². The van der Waals surface area contributed by atoms with Crippen molar-refractivity contribution in [2.75, 3.05) is 13.2 Å². The third-order valence-electron chi connectivity index (χ3n) is 6.37. The highest BCUT2D eigenvalue weighted by Crippen LogP contribution is 2.33. The van der Waals surface area contributed by atoms with E-state index in [4.69, 9.17) is 4.74 Å². The second kappa shape index (κ2) is 9.10. The summed E-state index contributed by atoms with van der Waals surface area (Å²) in [6.45, 7) is 5.49. The standard InChI is InChI=1S/C25H28N2O3S/c1-25(2,19-6-4-3-5-7-19)20-8-10-22(11-9-20)30-15-18-12-13-27(24(28)29)23(18)14-21-16-31-17-26-21/h3-11,16-18,23H,12-15H2,1-2H3,(H,28,29). The van der Waals surface area contributed by atoms with Crippen molar-refractivity contribution < 1.29 is 14.6 Å². The van der Waals surface area contributed by atoms with Gasteiger partial charge in [0.25, 0.3) is 0 Å². The van der Waals surface area contributed by atoms with Crippen LogP contribution in [-0.4, -0.2) is 40.3 Å². The van der Waals surface area contributed by atoms with Crippen LogP contribution in [0.4, 0.5) is 4.79 Å². The molecule has 0 radical (unpaired) electrons. The lowest BCUT2D eigenvalue weighted by molar-refractivity contribution is 0.127. The van der Waals surface area contributed by atoms with Crippen LogP contribution in [0.25, 0.3) is 0 Å². The van der Waals surface area contributed by atoms with Crippen molar-refractivity contribution in [2.24, 2.45) is 5.92 Å². The van der Waals surface area contributed by atoms with E-state index in [0.717, 1.165) is 17.9 Å². The molecule has 1 aliphatic rings. The molecule has 0 aliphatic carbocycles. The zero-order chi connectivity index (χ0) is 21.8. The van der Waals surface area contributed by atoms with Gasteiger partial charge in [0.15, 0.2) is 0 Å². The molecule has 1 fully saturated rings. The van der Waals surface area contributed by atoms with Crippen LogP contribution in [0.1, 0.15) is 37.1 Å². The van der Waals surface area contributed by atoms with Crippen molar-refractivity contribution in [3.63, 3.8) is 0 Å². The molecule has 1 aliphatic heterocycles. The van der Waals surface area contributed by atoms with Crippen LogP contribution in [0.5, 0.6) is 5.75 Å². The second-order valence-electron chi connectivity index (χ2n) is 8.60. The van der Waals surface area contributed by atoms with Gasteiger partial charge >= 0.3 is 6.09 Å². The van der Waals surface area contributed by atoms with Crippen molar-refractivity contribution >= 4 is 17.4 Å². The first-order valence-electron chi connectivity index (χ1n) is 10.6. The number of amides is 1. The molecule has 1 aromatic heterocycles. The Bertz CT molecular complexity index is 987. The molecule has 2 atom stereocenters. The zero-order valence-electron chi connectivity index (χ0n) is 17.9. The summed E-state index contributed by atoms with van der Waals surface area (Å²) in [5.74, 6) is 0.965. The predicted molar refractivity (Wildman–Crippen MR) is 123 cm³/mol. The zero-order valence-corrected chi connectivity index (χ0v) is 18.7. The first-order valence-corrected chi connectivity index (χ1v) is 11.5. The van der Waals surface area contributed by atoms with Gasteiger partial charge in [-0.1, -0.05) is 56.3 Å². The van der Waals surface area contributed by atoms with E-state index >= 15 is 0 Å². The summed E-state index contributed by atoms with van der Waals surface area (Å²) < 4.78 is 6.10. The Kier molecular flexibility index (Phi) is 6.28. The summed E-state index contributed by atoms with van der Waals surface area (Å²) >= 11 is 1.54. The molecule has 2 heterocycles. The maximum Gasteiger partial charge on any atom is 0.407 e. The van der Waals surface area contributed by atoms with E-state index in [1.807, 2.05) is 23.6 Å². The Hall–Kier alpha value is -2.86. The second-order valence-corrected chi connectivity index (χ2v) is 9.32. The normalized spacial score (nSPS) is 18.8. The number of hydrogen-bond donors (Lipinski definition) is 1. The molecule has 5 nitrogen and oxygen atoms in total. The number of rotatable bonds is 7. The summed E-state index contributed by atoms with van der Waals surface area (Å²) in [4.78, 5) is 17.6. The minimum absolute atomic E-state index is 0.0914. The van der Waals surface area contributed by atoms with Crippen LogP contribution in [0.2, 0.25) is 0 Å². The highest BCUT2D eigenvalue weighted by Gasteiger charge is 2.37. The minimum atomic E-state index is -0.866. The van der Waals surface area contributed by atoms with E-state index in [2.05, 4.69) is 55.2 Å². The van der Waals surface area contributed by atoms with Gasteiger partial charge in [-0.3, -0.25) is 0 Å². The van der Waals surface area contributed by atoms with Crippen LogP contribution < -0.4 is 4.74 Å². The molecule has 1 saturated heterocycles. The van der Waals surface area contributed by atoms with Crippen molar-refractivity contribution in [2.45, 2.75) is 38.1 Å². The average molecular weight is 437 g/mol. The van der Waals surface area contributed by atoms with Gasteiger partial charge in [-0.2, -0.15) is 0 Å². The smallest absolute Gasteiger partial charge is 0.407 e. The Labute approximate surface area is 187 Å². The largest absolute Gasteiger partial charge is 0.493 e. The minimum Gasteiger partial charge on any atom is -0.493 e. The van der Waals surface area contributed by atoms with E-state index in [1.165, 1.54) is 22.5 Å². The summed E-state index contributed by atoms with van der Waals surface area (Å²) in [6, 6.07) is 18.6. The molecule has 2 aromatic carbocycles. The first kappa shape index (κ1) is 21.4. The quantitative estimate of drug-likeness (QED) is 0.534. The monoisotopic (exact) mass is 436 g/mol. The number of carboxylic acid groups (broad SMARTS) is 1. The lowest BCUT2D eigenvalue weighted by atomic mass is 9.78. The molecule has 1 amide bonds. The van der Waals surface area contributed by atoms with Gasteiger partial charge in [0.2, 0.25) is 0 Å². The molecule has 2 unspecified atom stereocenters. The fourth-order valence-electron chi connectivity index (χ4n) is 4.37. The number of carbonyl (C=O) groups is 1. The van der Waals surface area contributed by atoms with Crippen molar-refractivity contribution in [1.29, 1.82) is 0 Å². The van der Waals surface area contributed by atoms with E-state index in [9.17, 15) is 9.90 Å². The molecule has 6 heteroatoms. The number of thiazole rings is 1. The summed E-state index contributed by atoms with van der Waals surface area (Å²) in [5.41, 5.74) is 5.14. The highest BCUT2D eigenvalue weighted by molar-refractivity contribution is 7.07. The van der Waals surface area contributed by atoms with Gasteiger partial charge in [-0.25, -0.2) is 9.78 Å². The lowest BCUT2D eigenvalue weighted by Gasteiger charge is -2.27. The molecule has 4 rings (SSSR count). The van der Waals surface area contributed by atoms with E-state index < -0.39 is 6.09 Å². The van der Waals surface area contributed by atoms with Crippen molar-refractivity contribution in [1.82, 2.24) is 9.88 Å². The number of benzene rings is 2. The molecule has 0 spiro atoms. The molecule has 0 bridgehead atoms. The Morgan fingerprint density at radius 3 is 2.52 bits per heavy atom. The number of aromatic nitrogens is 1. The van der Waals surface area contributed by atoms with Gasteiger partial charge in [0.1, 0.15) is 5.75 Å². The molecule has 31 heavy (non-hydrogen) atoms. The third-order valence-corrected chi connectivity index (χ3v) is 7.00. The molecular formula is C25H28N2O3S. The fraction of sp³-hybridized carbons (Fsp3) is 0.360. The average Bonchev–Trinajstić information content (AvgIpc) is 3.43. The van der Waals surface area contributed by atoms with Gasteiger partial charge in [-0.15, -0.1) is 11.3 Å². The first-order chi connectivity index (χ1) is 14.9.